The van der Waals surface area contributed by atoms with E-state index in [1.54, 1.807) is 13.8 Å². The van der Waals surface area contributed by atoms with Crippen LogP contribution in [0.15, 0.2) is 0 Å². The molecule has 0 aliphatic carbocycles. The first-order valence-electron chi connectivity index (χ1n) is 3.67. The standard InChI is InChI=1S/2C3H9O2P.Ba/c2*1-3-6(2,4)5;/h2*3H2,1-2H3,(H,4,5);/q;;+2/p-2. The maximum absolute atomic E-state index is 10.0. The smallest absolute Gasteiger partial charge is 0.799 e. The maximum Gasteiger partial charge on any atom is 2.00 e. The molecular formula is C6H16BaO4P2. The first-order valence-corrected chi connectivity index (χ1v) is 8.19. The van der Waals surface area contributed by atoms with Gasteiger partial charge in [-0.05, 0) is 25.7 Å². The largest absolute Gasteiger partial charge is 2.00 e. The van der Waals surface area contributed by atoms with Crippen molar-refractivity contribution < 1.29 is 18.9 Å². The molecule has 0 saturated carbocycles. The second-order valence-electron chi connectivity index (χ2n) is 2.66. The molecule has 2 unspecified atom stereocenters. The second kappa shape index (κ2) is 9.20. The van der Waals surface area contributed by atoms with Crippen molar-refractivity contribution in [3.05, 3.63) is 0 Å². The zero-order valence-corrected chi connectivity index (χ0v) is 14.9. The van der Waals surface area contributed by atoms with Gasteiger partial charge >= 0.3 is 48.9 Å². The van der Waals surface area contributed by atoms with E-state index in [0.29, 0.717) is 0 Å². The Kier molecular flexibility index (Phi) is 14.4. The summed E-state index contributed by atoms with van der Waals surface area (Å²) >= 11 is 0. The van der Waals surface area contributed by atoms with Crippen LogP contribution in [0.1, 0.15) is 13.8 Å². The van der Waals surface area contributed by atoms with Crippen LogP contribution in [-0.2, 0) is 9.13 Å². The molecule has 0 aliphatic rings. The average molecular weight is 351 g/mol. The molecule has 76 valence electrons. The van der Waals surface area contributed by atoms with Gasteiger partial charge in [-0.3, -0.25) is 0 Å². The van der Waals surface area contributed by atoms with Crippen LogP contribution >= 0.6 is 14.7 Å². The molecule has 0 spiro atoms. The van der Waals surface area contributed by atoms with E-state index in [-0.39, 0.29) is 61.2 Å². The molecule has 13 heavy (non-hydrogen) atoms. The molecule has 4 nitrogen and oxygen atoms in total. The Morgan fingerprint density at radius 3 is 1.00 bits per heavy atom. The van der Waals surface area contributed by atoms with Gasteiger partial charge in [-0.15, -0.1) is 0 Å². The minimum atomic E-state index is -2.90. The van der Waals surface area contributed by atoms with Gasteiger partial charge < -0.3 is 18.9 Å². The number of hydrogen-bond acceptors (Lipinski definition) is 4. The third kappa shape index (κ3) is 31.5. The van der Waals surface area contributed by atoms with Gasteiger partial charge in [0.1, 0.15) is 0 Å². The summed E-state index contributed by atoms with van der Waals surface area (Å²) in [5.41, 5.74) is 0. The summed E-state index contributed by atoms with van der Waals surface area (Å²) < 4.78 is 20.1. The summed E-state index contributed by atoms with van der Waals surface area (Å²) in [5.74, 6) is 0. The van der Waals surface area contributed by atoms with Crippen molar-refractivity contribution in [2.45, 2.75) is 13.8 Å². The van der Waals surface area contributed by atoms with Crippen molar-refractivity contribution in [1.82, 2.24) is 0 Å². The van der Waals surface area contributed by atoms with Crippen molar-refractivity contribution in [2.24, 2.45) is 0 Å². The molecule has 0 N–H and O–H groups in total. The summed E-state index contributed by atoms with van der Waals surface area (Å²) in [6, 6.07) is 0. The molecule has 0 fully saturated rings. The second-order valence-corrected chi connectivity index (χ2v) is 7.98. The van der Waals surface area contributed by atoms with E-state index in [1.807, 2.05) is 0 Å². The molecule has 0 radical (unpaired) electrons. The fourth-order valence-corrected chi connectivity index (χ4v) is 0. The van der Waals surface area contributed by atoms with Crippen molar-refractivity contribution >= 4 is 63.6 Å². The fourth-order valence-electron chi connectivity index (χ4n) is 0. The normalized spacial score (nSPS) is 18.3. The Labute approximate surface area is 120 Å². The summed E-state index contributed by atoms with van der Waals surface area (Å²) in [6.45, 7) is 5.75. The number of rotatable bonds is 2. The van der Waals surface area contributed by atoms with Crippen LogP contribution in [0.25, 0.3) is 0 Å². The van der Waals surface area contributed by atoms with Crippen LogP contribution in [0.3, 0.4) is 0 Å². The maximum atomic E-state index is 10.0. The van der Waals surface area contributed by atoms with Gasteiger partial charge in [0.2, 0.25) is 0 Å². The average Bonchev–Trinajstić information content (AvgIpc) is 1.86. The summed E-state index contributed by atoms with van der Waals surface area (Å²) in [7, 11) is -5.79. The minimum absolute atomic E-state index is 0. The van der Waals surface area contributed by atoms with E-state index in [9.17, 15) is 18.9 Å². The van der Waals surface area contributed by atoms with Crippen molar-refractivity contribution in [3.8, 4) is 0 Å². The molecular weight excluding hydrogens is 335 g/mol. The molecule has 0 saturated heterocycles. The van der Waals surface area contributed by atoms with Crippen LogP contribution in [0, 0.1) is 0 Å². The molecule has 0 rings (SSSR count). The predicted octanol–water partition coefficient (Wildman–Crippen LogP) is 0.168. The first kappa shape index (κ1) is 20.4. The van der Waals surface area contributed by atoms with Gasteiger partial charge in [0, 0.05) is 14.7 Å². The summed E-state index contributed by atoms with van der Waals surface area (Å²) in [5, 5.41) is 0. The first-order chi connectivity index (χ1) is 5.12. The zero-order valence-electron chi connectivity index (χ0n) is 8.65. The quantitative estimate of drug-likeness (QED) is 0.525. The zero-order chi connectivity index (χ0) is 10.4. The van der Waals surface area contributed by atoms with Gasteiger partial charge in [-0.25, -0.2) is 0 Å². The molecule has 2 atom stereocenters. The molecule has 0 amide bonds. The third-order valence-electron chi connectivity index (χ3n) is 1.15. The summed E-state index contributed by atoms with van der Waals surface area (Å²) in [6.07, 6.45) is 0.542. The minimum Gasteiger partial charge on any atom is -0.799 e. The Morgan fingerprint density at radius 1 is 0.923 bits per heavy atom. The Hall–Kier alpha value is 1.95. The van der Waals surface area contributed by atoms with E-state index in [0.717, 1.165) is 0 Å². The predicted molar refractivity (Wildman–Crippen MR) is 53.9 cm³/mol. The van der Waals surface area contributed by atoms with Gasteiger partial charge in [-0.2, -0.15) is 0 Å². The molecule has 0 aromatic rings. The topological polar surface area (TPSA) is 80.3 Å². The molecule has 0 aromatic carbocycles. The number of hydrogen-bond donors (Lipinski definition) is 0. The molecule has 0 bridgehead atoms. The van der Waals surface area contributed by atoms with Gasteiger partial charge in [0.15, 0.2) is 0 Å². The molecule has 0 aliphatic heterocycles. The Bertz CT molecular complexity index is 173. The van der Waals surface area contributed by atoms with Crippen molar-refractivity contribution in [2.75, 3.05) is 25.7 Å². The fraction of sp³-hybridized carbons (Fsp3) is 1.00. The van der Waals surface area contributed by atoms with E-state index in [2.05, 4.69) is 0 Å². The van der Waals surface area contributed by atoms with Crippen LogP contribution < -0.4 is 9.79 Å². The van der Waals surface area contributed by atoms with Gasteiger partial charge in [0.25, 0.3) is 0 Å². The van der Waals surface area contributed by atoms with Gasteiger partial charge in [-0.1, -0.05) is 13.8 Å². The van der Waals surface area contributed by atoms with Gasteiger partial charge in [0.05, 0.1) is 0 Å². The summed E-state index contributed by atoms with van der Waals surface area (Å²) in [4.78, 5) is 20.1. The van der Waals surface area contributed by atoms with Crippen LogP contribution in [0.2, 0.25) is 0 Å². The van der Waals surface area contributed by atoms with Crippen molar-refractivity contribution in [3.63, 3.8) is 0 Å². The van der Waals surface area contributed by atoms with E-state index < -0.39 is 14.7 Å². The van der Waals surface area contributed by atoms with E-state index in [4.69, 9.17) is 0 Å². The Morgan fingerprint density at radius 2 is 1.00 bits per heavy atom. The molecule has 0 aromatic heterocycles. The Balaban J connectivity index is -0.000000143. The SMILES string of the molecule is CCP(C)(=O)[O-].CCP(C)(=O)[O-].[Ba+2]. The van der Waals surface area contributed by atoms with Crippen LogP contribution in [0.4, 0.5) is 0 Å². The van der Waals surface area contributed by atoms with E-state index in [1.165, 1.54) is 13.3 Å². The molecule has 7 heteroatoms. The van der Waals surface area contributed by atoms with Crippen molar-refractivity contribution in [1.29, 1.82) is 0 Å². The third-order valence-corrected chi connectivity index (χ3v) is 3.45. The van der Waals surface area contributed by atoms with Crippen LogP contribution in [-0.4, -0.2) is 74.5 Å². The van der Waals surface area contributed by atoms with E-state index >= 15 is 0 Å². The van der Waals surface area contributed by atoms with Crippen LogP contribution in [0.5, 0.6) is 0 Å². The monoisotopic (exact) mass is 352 g/mol. The molecule has 0 heterocycles.